The van der Waals surface area contributed by atoms with Crippen LogP contribution >= 0.6 is 0 Å². The van der Waals surface area contributed by atoms with Crippen molar-refractivity contribution in [2.24, 2.45) is 0 Å². The zero-order valence-electron chi connectivity index (χ0n) is 14.4. The number of hydrogen-bond donors (Lipinski definition) is 3. The predicted molar refractivity (Wildman–Crippen MR) is 101 cm³/mol. The summed E-state index contributed by atoms with van der Waals surface area (Å²) >= 11 is 0. The van der Waals surface area contributed by atoms with Crippen LogP contribution in [0, 0.1) is 11.3 Å². The van der Waals surface area contributed by atoms with Gasteiger partial charge in [-0.3, -0.25) is 4.55 Å². The highest BCUT2D eigenvalue weighted by Crippen LogP contribution is 2.32. The number of aromatic amines is 1. The minimum absolute atomic E-state index is 0.0815. The van der Waals surface area contributed by atoms with Crippen molar-refractivity contribution < 1.29 is 17.4 Å². The third-order valence-corrected chi connectivity index (χ3v) is 4.74. The van der Waals surface area contributed by atoms with Crippen molar-refractivity contribution in [3.63, 3.8) is 0 Å². The Balaban J connectivity index is 1.82. The monoisotopic (exact) mass is 409 g/mol. The minimum Gasteiger partial charge on any atom is -0.436 e. The molecule has 0 aliphatic carbocycles. The summed E-state index contributed by atoms with van der Waals surface area (Å²) in [4.78, 5) is 4.02. The number of fused-ring (bicyclic) bond motifs is 1. The number of hydrogen-bond acceptors (Lipinski definition) is 9. The fraction of sp³-hybridized carbons (Fsp3) is 0. The Morgan fingerprint density at radius 1 is 1.28 bits per heavy atom. The molecule has 29 heavy (non-hydrogen) atoms. The molecule has 0 amide bonds. The molecule has 144 valence electrons. The Kier molecular flexibility index (Phi) is 4.51. The molecule has 2 aromatic heterocycles. The molecule has 0 atom stereocenters. The smallest absolute Gasteiger partial charge is 0.294 e. The predicted octanol–water partition coefficient (Wildman–Crippen LogP) is 2.23. The van der Waals surface area contributed by atoms with Crippen molar-refractivity contribution in [1.82, 2.24) is 25.6 Å². The maximum absolute atomic E-state index is 11.6. The van der Waals surface area contributed by atoms with Crippen LogP contribution in [0.25, 0.3) is 28.1 Å². The SMILES string of the molecule is N#CC(=CNc1ccc(S(=O)(=O)O)cc1-c1nc2ccccc2o1)c1nn[nH]n1. The normalized spacial score (nSPS) is 12.1. The Morgan fingerprint density at radius 2 is 2.10 bits per heavy atom. The summed E-state index contributed by atoms with van der Waals surface area (Å²) < 4.78 is 38.2. The van der Waals surface area contributed by atoms with Gasteiger partial charge in [0.05, 0.1) is 16.1 Å². The van der Waals surface area contributed by atoms with Crippen molar-refractivity contribution in [1.29, 1.82) is 5.26 Å². The van der Waals surface area contributed by atoms with Gasteiger partial charge >= 0.3 is 0 Å². The minimum atomic E-state index is -4.45. The van der Waals surface area contributed by atoms with Crippen molar-refractivity contribution in [3.8, 4) is 17.5 Å². The van der Waals surface area contributed by atoms with Crippen LogP contribution in [-0.4, -0.2) is 38.6 Å². The lowest BCUT2D eigenvalue weighted by atomic mass is 10.1. The van der Waals surface area contributed by atoms with Crippen LogP contribution < -0.4 is 5.32 Å². The molecular weight excluding hydrogens is 398 g/mol. The quantitative estimate of drug-likeness (QED) is 0.328. The van der Waals surface area contributed by atoms with E-state index >= 15 is 0 Å². The molecule has 0 saturated heterocycles. The average Bonchev–Trinajstić information content (AvgIpc) is 3.37. The summed E-state index contributed by atoms with van der Waals surface area (Å²) in [5.41, 5.74) is 1.80. The van der Waals surface area contributed by atoms with E-state index in [-0.39, 0.29) is 27.7 Å². The van der Waals surface area contributed by atoms with Gasteiger partial charge in [0.1, 0.15) is 17.2 Å². The van der Waals surface area contributed by atoms with Crippen molar-refractivity contribution >= 4 is 32.5 Å². The van der Waals surface area contributed by atoms with Gasteiger partial charge in [0.25, 0.3) is 10.1 Å². The molecule has 4 rings (SSSR count). The number of nitrogens with zero attached hydrogens (tertiary/aromatic N) is 5. The first-order valence-electron chi connectivity index (χ1n) is 8.04. The van der Waals surface area contributed by atoms with Crippen LogP contribution in [0.3, 0.4) is 0 Å². The van der Waals surface area contributed by atoms with E-state index in [4.69, 9.17) is 4.42 Å². The molecule has 4 aromatic rings. The lowest BCUT2D eigenvalue weighted by Crippen LogP contribution is -2.01. The first-order valence-corrected chi connectivity index (χ1v) is 9.48. The molecule has 3 N–H and O–H groups in total. The number of rotatable bonds is 5. The molecule has 11 nitrogen and oxygen atoms in total. The number of oxazole rings is 1. The van der Waals surface area contributed by atoms with Crippen molar-refractivity contribution in [2.45, 2.75) is 4.90 Å². The third kappa shape index (κ3) is 3.68. The molecule has 2 aromatic carbocycles. The standard InChI is InChI=1S/C17H11N7O4S/c18-8-10(16-21-23-24-22-16)9-19-13-6-5-11(29(25,26)27)7-12(13)17-20-14-3-1-2-4-15(14)28-17/h1-7,9,19H,(H,25,26,27)(H,21,22,23,24). The van der Waals surface area contributed by atoms with E-state index in [0.29, 0.717) is 16.8 Å². The molecule has 0 aliphatic rings. The second kappa shape index (κ2) is 7.15. The molecule has 0 aliphatic heterocycles. The molecule has 0 unspecified atom stereocenters. The summed E-state index contributed by atoms with van der Waals surface area (Å²) in [5.74, 6) is 0.212. The summed E-state index contributed by atoms with van der Waals surface area (Å²) in [6, 6.07) is 12.8. The van der Waals surface area contributed by atoms with Crippen LogP contribution in [0.4, 0.5) is 5.69 Å². The summed E-state index contributed by atoms with van der Waals surface area (Å²) in [6.45, 7) is 0. The lowest BCUT2D eigenvalue weighted by molar-refractivity contribution is 0.483. The maximum atomic E-state index is 11.6. The van der Waals surface area contributed by atoms with Crippen LogP contribution in [0.5, 0.6) is 0 Å². The number of nitrogens with one attached hydrogen (secondary N) is 2. The highest BCUT2D eigenvalue weighted by atomic mass is 32.2. The number of allylic oxidation sites excluding steroid dienone is 1. The first-order chi connectivity index (χ1) is 14.0. The van der Waals surface area contributed by atoms with E-state index < -0.39 is 10.1 Å². The van der Waals surface area contributed by atoms with E-state index in [0.717, 1.165) is 0 Å². The van der Waals surface area contributed by atoms with Gasteiger partial charge in [0.2, 0.25) is 11.7 Å². The number of nitriles is 1. The number of H-pyrrole nitrogens is 1. The fourth-order valence-electron chi connectivity index (χ4n) is 2.55. The summed E-state index contributed by atoms with van der Waals surface area (Å²) in [7, 11) is -4.45. The molecule has 0 spiro atoms. The van der Waals surface area contributed by atoms with Gasteiger partial charge in [0.15, 0.2) is 5.58 Å². The molecule has 0 fully saturated rings. The zero-order valence-corrected chi connectivity index (χ0v) is 15.3. The molecular formula is C17H11N7O4S. The second-order valence-corrected chi connectivity index (χ2v) is 7.14. The Labute approximate surface area is 163 Å². The highest BCUT2D eigenvalue weighted by Gasteiger charge is 2.18. The highest BCUT2D eigenvalue weighted by molar-refractivity contribution is 7.85. The van der Waals surface area contributed by atoms with E-state index in [9.17, 15) is 18.2 Å². The average molecular weight is 409 g/mol. The van der Waals surface area contributed by atoms with Gasteiger partial charge < -0.3 is 9.73 Å². The Hall–Kier alpha value is -4.08. The summed E-state index contributed by atoms with van der Waals surface area (Å²) in [5, 5.41) is 25.3. The van der Waals surface area contributed by atoms with Gasteiger partial charge in [-0.15, -0.1) is 10.2 Å². The van der Waals surface area contributed by atoms with Crippen LogP contribution in [0.15, 0.2) is 58.0 Å². The fourth-order valence-corrected chi connectivity index (χ4v) is 3.05. The van der Waals surface area contributed by atoms with Crippen molar-refractivity contribution in [3.05, 3.63) is 54.5 Å². The van der Waals surface area contributed by atoms with Crippen molar-refractivity contribution in [2.75, 3.05) is 5.32 Å². The molecule has 0 radical (unpaired) electrons. The van der Waals surface area contributed by atoms with E-state index in [1.807, 2.05) is 6.07 Å². The first kappa shape index (κ1) is 18.3. The number of para-hydroxylation sites is 2. The second-order valence-electron chi connectivity index (χ2n) is 5.72. The Bertz CT molecular complexity index is 1340. The van der Waals surface area contributed by atoms with Crippen LogP contribution in [-0.2, 0) is 10.1 Å². The van der Waals surface area contributed by atoms with Crippen LogP contribution in [0.2, 0.25) is 0 Å². The van der Waals surface area contributed by atoms with Crippen LogP contribution in [0.1, 0.15) is 5.82 Å². The van der Waals surface area contributed by atoms with Gasteiger partial charge in [-0.1, -0.05) is 12.1 Å². The van der Waals surface area contributed by atoms with Gasteiger partial charge in [-0.2, -0.15) is 18.9 Å². The third-order valence-electron chi connectivity index (χ3n) is 3.89. The van der Waals surface area contributed by atoms with Gasteiger partial charge in [-0.05, 0) is 35.5 Å². The van der Waals surface area contributed by atoms with E-state index in [1.165, 1.54) is 24.4 Å². The maximum Gasteiger partial charge on any atom is 0.294 e. The Morgan fingerprint density at radius 3 is 2.79 bits per heavy atom. The molecule has 2 heterocycles. The molecule has 0 bridgehead atoms. The summed E-state index contributed by atoms with van der Waals surface area (Å²) in [6.07, 6.45) is 1.33. The van der Waals surface area contributed by atoms with E-state index in [1.54, 1.807) is 24.3 Å². The topological polar surface area (TPSA) is 171 Å². The van der Waals surface area contributed by atoms with Gasteiger partial charge in [0, 0.05) is 6.20 Å². The largest absolute Gasteiger partial charge is 0.436 e. The van der Waals surface area contributed by atoms with E-state index in [2.05, 4.69) is 30.9 Å². The number of tetrazole rings is 1. The molecule has 12 heteroatoms. The number of anilines is 1. The number of aromatic nitrogens is 5. The van der Waals surface area contributed by atoms with Gasteiger partial charge in [-0.25, -0.2) is 4.98 Å². The lowest BCUT2D eigenvalue weighted by Gasteiger charge is -2.08. The molecule has 0 saturated carbocycles. The zero-order chi connectivity index (χ0) is 20.4. The number of benzene rings is 2.